The Morgan fingerprint density at radius 1 is 1.35 bits per heavy atom. The zero-order chi connectivity index (χ0) is 11.6. The summed E-state index contributed by atoms with van der Waals surface area (Å²) >= 11 is 0. The second-order valence-corrected chi connectivity index (χ2v) is 5.23. The van der Waals surface area contributed by atoms with E-state index in [0.717, 1.165) is 32.0 Å². The summed E-state index contributed by atoms with van der Waals surface area (Å²) in [6, 6.07) is 0. The average Bonchev–Trinajstić information content (AvgIpc) is 2.86. The first-order valence-corrected chi connectivity index (χ1v) is 6.60. The summed E-state index contributed by atoms with van der Waals surface area (Å²) in [6.07, 6.45) is 8.12. The van der Waals surface area contributed by atoms with Crippen molar-refractivity contribution < 1.29 is 4.52 Å². The Hall–Kier alpha value is -0.940. The van der Waals surface area contributed by atoms with Crippen molar-refractivity contribution in [1.29, 1.82) is 0 Å². The Balaban J connectivity index is 1.75. The summed E-state index contributed by atoms with van der Waals surface area (Å²) in [6.45, 7) is 4.11. The quantitative estimate of drug-likeness (QED) is 0.835. The highest BCUT2D eigenvalue weighted by molar-refractivity contribution is 4.99. The summed E-state index contributed by atoms with van der Waals surface area (Å²) < 4.78 is 4.83. The lowest BCUT2D eigenvalue weighted by Gasteiger charge is -2.49. The summed E-state index contributed by atoms with van der Waals surface area (Å²) in [4.78, 5) is 6.71. The number of hydrogen-bond acceptors (Lipinski definition) is 5. The smallest absolute Gasteiger partial charge is 0.213 e. The molecule has 5 nitrogen and oxygen atoms in total. The van der Waals surface area contributed by atoms with E-state index in [9.17, 15) is 0 Å². The highest BCUT2D eigenvalue weighted by Crippen LogP contribution is 2.35. The van der Waals surface area contributed by atoms with Gasteiger partial charge in [0.2, 0.25) is 6.39 Å². The summed E-state index contributed by atoms with van der Waals surface area (Å²) in [5, 5.41) is 7.49. The molecule has 0 atom stereocenters. The molecule has 94 valence electrons. The molecular formula is C12H20N4O. The van der Waals surface area contributed by atoms with Crippen LogP contribution in [-0.2, 0) is 6.54 Å². The molecule has 0 aromatic carbocycles. The van der Waals surface area contributed by atoms with Crippen molar-refractivity contribution in [3.63, 3.8) is 0 Å². The minimum Gasteiger partial charge on any atom is -0.343 e. The molecule has 0 amide bonds. The van der Waals surface area contributed by atoms with Gasteiger partial charge >= 0.3 is 0 Å². The number of hydrogen-bond donors (Lipinski definition) is 1. The molecular weight excluding hydrogens is 216 g/mol. The third-order valence-electron chi connectivity index (χ3n) is 4.21. The summed E-state index contributed by atoms with van der Waals surface area (Å²) in [7, 11) is 0. The lowest BCUT2D eigenvalue weighted by atomic mass is 9.79. The van der Waals surface area contributed by atoms with E-state index in [2.05, 4.69) is 20.4 Å². The van der Waals surface area contributed by atoms with Gasteiger partial charge in [-0.25, -0.2) is 0 Å². The van der Waals surface area contributed by atoms with Crippen LogP contribution in [0.15, 0.2) is 10.9 Å². The molecule has 1 aromatic heterocycles. The molecule has 1 saturated heterocycles. The molecule has 2 aliphatic rings. The molecule has 1 aliphatic carbocycles. The molecule has 5 heteroatoms. The predicted molar refractivity (Wildman–Crippen MR) is 63.4 cm³/mol. The van der Waals surface area contributed by atoms with Crippen molar-refractivity contribution in [3.05, 3.63) is 12.2 Å². The van der Waals surface area contributed by atoms with Gasteiger partial charge in [0.25, 0.3) is 0 Å². The van der Waals surface area contributed by atoms with Gasteiger partial charge in [0.15, 0.2) is 5.82 Å². The van der Waals surface area contributed by atoms with Crippen LogP contribution in [0.3, 0.4) is 0 Å². The Morgan fingerprint density at radius 3 is 3.00 bits per heavy atom. The average molecular weight is 236 g/mol. The van der Waals surface area contributed by atoms with Gasteiger partial charge in [0.1, 0.15) is 0 Å². The van der Waals surface area contributed by atoms with Crippen LogP contribution in [0.4, 0.5) is 0 Å². The highest BCUT2D eigenvalue weighted by atomic mass is 16.5. The summed E-state index contributed by atoms with van der Waals surface area (Å²) in [5.74, 6) is 0.817. The molecule has 0 unspecified atom stereocenters. The van der Waals surface area contributed by atoms with E-state index in [4.69, 9.17) is 4.52 Å². The Kier molecular flexibility index (Phi) is 3.11. The maximum atomic E-state index is 4.83. The summed E-state index contributed by atoms with van der Waals surface area (Å²) in [5.41, 5.74) is 0.344. The standard InChI is InChI=1S/C12H20N4O/c1-2-4-12(5-3-1)9-13-6-7-16(12)8-11-14-10-17-15-11/h10,13H,1-9H2. The van der Waals surface area contributed by atoms with E-state index in [1.54, 1.807) is 0 Å². The largest absolute Gasteiger partial charge is 0.343 e. The zero-order valence-corrected chi connectivity index (χ0v) is 10.2. The number of aromatic nitrogens is 2. The monoisotopic (exact) mass is 236 g/mol. The van der Waals surface area contributed by atoms with E-state index in [1.165, 1.54) is 38.5 Å². The van der Waals surface area contributed by atoms with Crippen LogP contribution in [0.25, 0.3) is 0 Å². The van der Waals surface area contributed by atoms with Crippen LogP contribution in [0.2, 0.25) is 0 Å². The van der Waals surface area contributed by atoms with E-state index in [0.29, 0.717) is 5.54 Å². The lowest BCUT2D eigenvalue weighted by Crippen LogP contribution is -2.61. The number of nitrogens with one attached hydrogen (secondary N) is 1. The van der Waals surface area contributed by atoms with Crippen molar-refractivity contribution >= 4 is 0 Å². The zero-order valence-electron chi connectivity index (χ0n) is 10.2. The Labute approximate surface area is 102 Å². The van der Waals surface area contributed by atoms with Crippen LogP contribution in [0, 0.1) is 0 Å². The maximum Gasteiger partial charge on any atom is 0.213 e. The molecule has 0 bridgehead atoms. The fraction of sp³-hybridized carbons (Fsp3) is 0.833. The van der Waals surface area contributed by atoms with E-state index < -0.39 is 0 Å². The molecule has 1 N–H and O–H groups in total. The van der Waals surface area contributed by atoms with Gasteiger partial charge in [-0.1, -0.05) is 24.4 Å². The Morgan fingerprint density at radius 2 is 2.24 bits per heavy atom. The third-order valence-corrected chi connectivity index (χ3v) is 4.21. The normalized spacial score (nSPS) is 25.2. The van der Waals surface area contributed by atoms with Crippen molar-refractivity contribution in [2.75, 3.05) is 19.6 Å². The van der Waals surface area contributed by atoms with Crippen molar-refractivity contribution in [3.8, 4) is 0 Å². The molecule has 2 fully saturated rings. The van der Waals surface area contributed by atoms with E-state index in [-0.39, 0.29) is 0 Å². The van der Waals surface area contributed by atoms with Gasteiger partial charge in [-0.05, 0) is 12.8 Å². The topological polar surface area (TPSA) is 54.2 Å². The molecule has 1 saturated carbocycles. The van der Waals surface area contributed by atoms with Crippen LogP contribution in [0.5, 0.6) is 0 Å². The van der Waals surface area contributed by atoms with Gasteiger partial charge in [0.05, 0.1) is 6.54 Å². The lowest BCUT2D eigenvalue weighted by molar-refractivity contribution is 0.0184. The van der Waals surface area contributed by atoms with Gasteiger partial charge in [0, 0.05) is 25.2 Å². The fourth-order valence-corrected chi connectivity index (χ4v) is 3.27. The second kappa shape index (κ2) is 4.74. The first kappa shape index (κ1) is 11.2. The predicted octanol–water partition coefficient (Wildman–Crippen LogP) is 1.18. The minimum absolute atomic E-state index is 0.344. The van der Waals surface area contributed by atoms with Crippen LogP contribution in [-0.4, -0.2) is 40.2 Å². The first-order valence-electron chi connectivity index (χ1n) is 6.60. The van der Waals surface area contributed by atoms with Gasteiger partial charge < -0.3 is 9.84 Å². The van der Waals surface area contributed by atoms with Gasteiger partial charge in [-0.15, -0.1) is 0 Å². The number of rotatable bonds is 2. The molecule has 2 heterocycles. The Bertz CT molecular complexity index is 337. The minimum atomic E-state index is 0.344. The fourth-order valence-electron chi connectivity index (χ4n) is 3.27. The highest BCUT2D eigenvalue weighted by Gasteiger charge is 2.39. The molecule has 3 rings (SSSR count). The molecule has 0 radical (unpaired) electrons. The van der Waals surface area contributed by atoms with Crippen LogP contribution >= 0.6 is 0 Å². The van der Waals surface area contributed by atoms with Crippen molar-refractivity contribution in [2.45, 2.75) is 44.2 Å². The second-order valence-electron chi connectivity index (χ2n) is 5.23. The third kappa shape index (κ3) is 2.21. The van der Waals surface area contributed by atoms with Gasteiger partial charge in [-0.3, -0.25) is 4.90 Å². The van der Waals surface area contributed by atoms with Crippen LogP contribution < -0.4 is 5.32 Å². The van der Waals surface area contributed by atoms with E-state index in [1.807, 2.05) is 0 Å². The number of nitrogens with zero attached hydrogens (tertiary/aromatic N) is 3. The number of piperazine rings is 1. The first-order chi connectivity index (χ1) is 8.39. The van der Waals surface area contributed by atoms with E-state index >= 15 is 0 Å². The van der Waals surface area contributed by atoms with Crippen molar-refractivity contribution in [2.24, 2.45) is 0 Å². The molecule has 1 aromatic rings. The molecule has 1 aliphatic heterocycles. The van der Waals surface area contributed by atoms with Crippen LogP contribution in [0.1, 0.15) is 37.9 Å². The SMILES string of the molecule is c1nc(CN2CCNCC23CCCCC3)no1. The molecule has 1 spiro atoms. The van der Waals surface area contributed by atoms with Crippen molar-refractivity contribution in [1.82, 2.24) is 20.4 Å². The molecule has 17 heavy (non-hydrogen) atoms. The maximum absolute atomic E-state index is 4.83. The van der Waals surface area contributed by atoms with Gasteiger partial charge in [-0.2, -0.15) is 4.98 Å².